The minimum atomic E-state index is -0.712. The zero-order valence-corrected chi connectivity index (χ0v) is 16.3. The molecule has 0 spiro atoms. The normalized spacial score (nSPS) is 16.2. The number of unbranched alkanes of at least 4 members (excludes halogenated alkanes) is 1. The quantitative estimate of drug-likeness (QED) is 0.578. The van der Waals surface area contributed by atoms with Gasteiger partial charge in [0.25, 0.3) is 0 Å². The van der Waals surface area contributed by atoms with Crippen LogP contribution >= 0.6 is 0 Å². The average molecular weight is 370 g/mol. The van der Waals surface area contributed by atoms with E-state index in [1.807, 2.05) is 30.3 Å². The largest absolute Gasteiger partial charge is 0.363 e. The Morgan fingerprint density at radius 3 is 1.89 bits per heavy atom. The van der Waals surface area contributed by atoms with Gasteiger partial charge in [0.15, 0.2) is 0 Å². The first kappa shape index (κ1) is 18.5. The average Bonchev–Trinajstić information content (AvgIpc) is 2.79. The van der Waals surface area contributed by atoms with E-state index < -0.39 is 5.72 Å². The van der Waals surface area contributed by atoms with Crippen molar-refractivity contribution >= 4 is 5.71 Å². The third kappa shape index (κ3) is 3.46. The molecule has 0 aromatic heterocycles. The molecule has 0 saturated carbocycles. The molecule has 3 aromatic carbocycles. The van der Waals surface area contributed by atoms with Crippen LogP contribution in [0.25, 0.3) is 0 Å². The summed E-state index contributed by atoms with van der Waals surface area (Å²) in [6.45, 7) is 3.91. The summed E-state index contributed by atoms with van der Waals surface area (Å²) < 4.78 is 0. The Hall–Kier alpha value is -2.91. The summed E-state index contributed by atoms with van der Waals surface area (Å²) in [4.78, 5) is 8.86. The maximum Gasteiger partial charge on any atom is 0.243 e. The second kappa shape index (κ2) is 8.41. The minimum absolute atomic E-state index is 0.712. The number of benzene rings is 3. The molecule has 0 atom stereocenters. The molecule has 1 aliphatic heterocycles. The lowest BCUT2D eigenvalue weighted by atomic mass is 9.91. The Morgan fingerprint density at radius 2 is 1.36 bits per heavy atom. The van der Waals surface area contributed by atoms with E-state index in [-0.39, 0.29) is 0 Å². The summed E-state index contributed by atoms with van der Waals surface area (Å²) in [6.07, 6.45) is 2.24. The van der Waals surface area contributed by atoms with Gasteiger partial charge in [-0.25, -0.2) is 4.90 Å². The molecule has 0 aliphatic carbocycles. The fourth-order valence-corrected chi connectivity index (χ4v) is 3.83. The highest BCUT2D eigenvalue weighted by molar-refractivity contribution is 6.02. The van der Waals surface area contributed by atoms with Gasteiger partial charge in [-0.05, 0) is 6.42 Å². The molecule has 1 heterocycles. The first-order chi connectivity index (χ1) is 13.8. The molecule has 4 rings (SSSR count). The molecule has 3 heteroatoms. The highest BCUT2D eigenvalue weighted by atomic mass is 16.7. The second-order valence-corrected chi connectivity index (χ2v) is 7.15. The molecular weight excluding hydrogens is 344 g/mol. The summed E-state index contributed by atoms with van der Waals surface area (Å²) in [5.74, 6) is 0. The van der Waals surface area contributed by atoms with E-state index in [9.17, 15) is 0 Å². The molecule has 0 unspecified atom stereocenters. The summed E-state index contributed by atoms with van der Waals surface area (Å²) in [6, 6.07) is 31.2. The molecule has 0 radical (unpaired) electrons. The zero-order valence-electron chi connectivity index (χ0n) is 16.3. The maximum atomic E-state index is 6.43. The Kier molecular flexibility index (Phi) is 5.54. The molecule has 0 bridgehead atoms. The van der Waals surface area contributed by atoms with Crippen LogP contribution in [0, 0.1) is 0 Å². The van der Waals surface area contributed by atoms with Gasteiger partial charge in [-0.3, -0.25) is 0 Å². The Balaban J connectivity index is 1.84. The van der Waals surface area contributed by atoms with E-state index in [2.05, 4.69) is 77.6 Å². The van der Waals surface area contributed by atoms with Crippen molar-refractivity contribution in [2.24, 2.45) is 5.16 Å². The Morgan fingerprint density at radius 1 is 0.821 bits per heavy atom. The summed E-state index contributed by atoms with van der Waals surface area (Å²) in [5.41, 5.74) is 3.58. The van der Waals surface area contributed by atoms with Crippen LogP contribution in [0.4, 0.5) is 0 Å². The van der Waals surface area contributed by atoms with Crippen molar-refractivity contribution in [3.8, 4) is 0 Å². The predicted octanol–water partition coefficient (Wildman–Crippen LogP) is 5.42. The van der Waals surface area contributed by atoms with Crippen LogP contribution in [0.2, 0.25) is 0 Å². The van der Waals surface area contributed by atoms with Crippen LogP contribution in [-0.4, -0.2) is 23.7 Å². The highest BCUT2D eigenvalue weighted by Crippen LogP contribution is 2.40. The monoisotopic (exact) mass is 370 g/mol. The van der Waals surface area contributed by atoms with Crippen molar-refractivity contribution in [2.75, 3.05) is 13.1 Å². The fraction of sp³-hybridized carbons (Fsp3) is 0.240. The molecule has 1 aliphatic rings. The lowest BCUT2D eigenvalue weighted by molar-refractivity contribution is -0.140. The van der Waals surface area contributed by atoms with E-state index in [1.165, 1.54) is 0 Å². The van der Waals surface area contributed by atoms with Gasteiger partial charge in [0.05, 0.1) is 0 Å². The van der Waals surface area contributed by atoms with Crippen LogP contribution in [0.15, 0.2) is 96.2 Å². The summed E-state index contributed by atoms with van der Waals surface area (Å²) >= 11 is 0. The van der Waals surface area contributed by atoms with Crippen molar-refractivity contribution in [3.05, 3.63) is 108 Å². The van der Waals surface area contributed by atoms with Gasteiger partial charge in [0.1, 0.15) is 5.71 Å². The molecule has 28 heavy (non-hydrogen) atoms. The molecule has 0 amide bonds. The van der Waals surface area contributed by atoms with E-state index >= 15 is 0 Å². The van der Waals surface area contributed by atoms with Crippen molar-refractivity contribution < 1.29 is 4.84 Å². The molecule has 0 N–H and O–H groups in total. The molecule has 3 nitrogen and oxygen atoms in total. The summed E-state index contributed by atoms with van der Waals surface area (Å²) in [5, 5.41) is 4.64. The molecule has 0 fully saturated rings. The smallest absolute Gasteiger partial charge is 0.243 e. The Bertz CT molecular complexity index is 868. The topological polar surface area (TPSA) is 24.8 Å². The first-order valence-electron chi connectivity index (χ1n) is 10.0. The number of oxime groups is 1. The van der Waals surface area contributed by atoms with Gasteiger partial charge in [-0.2, -0.15) is 0 Å². The second-order valence-electron chi connectivity index (χ2n) is 7.15. The van der Waals surface area contributed by atoms with Crippen LogP contribution in [-0.2, 0) is 10.6 Å². The van der Waals surface area contributed by atoms with Crippen molar-refractivity contribution in [1.82, 2.24) is 4.90 Å². The molecular formula is C25H26N2O. The highest BCUT2D eigenvalue weighted by Gasteiger charge is 2.46. The van der Waals surface area contributed by atoms with Gasteiger partial charge < -0.3 is 4.84 Å². The molecule has 142 valence electrons. The van der Waals surface area contributed by atoms with Crippen LogP contribution in [0.3, 0.4) is 0 Å². The van der Waals surface area contributed by atoms with Crippen molar-refractivity contribution in [1.29, 1.82) is 0 Å². The van der Waals surface area contributed by atoms with Gasteiger partial charge in [0, 0.05) is 29.8 Å². The van der Waals surface area contributed by atoms with Crippen molar-refractivity contribution in [2.45, 2.75) is 25.5 Å². The van der Waals surface area contributed by atoms with E-state index in [4.69, 9.17) is 4.84 Å². The summed E-state index contributed by atoms with van der Waals surface area (Å²) in [7, 11) is 0. The Labute approximate surface area is 167 Å². The first-order valence-corrected chi connectivity index (χ1v) is 10.0. The van der Waals surface area contributed by atoms with E-state index in [0.717, 1.165) is 48.3 Å². The van der Waals surface area contributed by atoms with Gasteiger partial charge >= 0.3 is 0 Å². The number of hydrogen-bond donors (Lipinski definition) is 0. The molecule has 3 aromatic rings. The SMILES string of the molecule is CCCCN1CC(c2ccccc2)=NOC1(c1ccccc1)c1ccccc1. The minimum Gasteiger partial charge on any atom is -0.363 e. The van der Waals surface area contributed by atoms with Gasteiger partial charge in [0.2, 0.25) is 5.72 Å². The predicted molar refractivity (Wildman–Crippen MR) is 114 cm³/mol. The van der Waals surface area contributed by atoms with Crippen LogP contribution in [0.1, 0.15) is 36.5 Å². The van der Waals surface area contributed by atoms with E-state index in [0.29, 0.717) is 0 Å². The van der Waals surface area contributed by atoms with Crippen LogP contribution in [0.5, 0.6) is 0 Å². The van der Waals surface area contributed by atoms with Gasteiger partial charge in [-0.15, -0.1) is 0 Å². The standard InChI is InChI=1S/C25H26N2O/c1-2-3-19-27-20-24(21-13-7-4-8-14-21)26-28-25(27,22-15-9-5-10-16-22)23-17-11-6-12-18-23/h4-18H,2-3,19-20H2,1H3. The fourth-order valence-electron chi connectivity index (χ4n) is 3.83. The lowest BCUT2D eigenvalue weighted by Crippen LogP contribution is -2.53. The lowest BCUT2D eigenvalue weighted by Gasteiger charge is -2.45. The third-order valence-electron chi connectivity index (χ3n) is 5.29. The molecule has 0 saturated heterocycles. The third-order valence-corrected chi connectivity index (χ3v) is 5.29. The van der Waals surface area contributed by atoms with Crippen LogP contribution < -0.4 is 0 Å². The van der Waals surface area contributed by atoms with Crippen molar-refractivity contribution in [3.63, 3.8) is 0 Å². The van der Waals surface area contributed by atoms with Gasteiger partial charge in [-0.1, -0.05) is 109 Å². The number of hydrogen-bond acceptors (Lipinski definition) is 3. The van der Waals surface area contributed by atoms with E-state index in [1.54, 1.807) is 0 Å². The number of nitrogens with zero attached hydrogens (tertiary/aromatic N) is 2. The maximum absolute atomic E-state index is 6.43. The number of rotatable bonds is 6. The zero-order chi connectivity index (χ0) is 19.2.